The average molecular weight is 369 g/mol. The molecule has 2 N–H and O–H groups in total. The number of hydrogen-bond acceptors (Lipinski definition) is 5. The van der Waals surface area contributed by atoms with Crippen molar-refractivity contribution in [2.75, 3.05) is 6.54 Å². The summed E-state index contributed by atoms with van der Waals surface area (Å²) in [5, 5.41) is 17.2. The average Bonchev–Trinajstić information content (AvgIpc) is 2.97. The Morgan fingerprint density at radius 2 is 2.07 bits per heavy atom. The second-order valence-electron chi connectivity index (χ2n) is 7.52. The summed E-state index contributed by atoms with van der Waals surface area (Å²) in [5.41, 5.74) is 2.11. The van der Waals surface area contributed by atoms with Gasteiger partial charge in [0.05, 0.1) is 17.9 Å². The summed E-state index contributed by atoms with van der Waals surface area (Å²) in [5.74, 6) is -0.501. The molecule has 144 valence electrons. The van der Waals surface area contributed by atoms with Gasteiger partial charge in [0.25, 0.3) is 5.91 Å². The van der Waals surface area contributed by atoms with Crippen LogP contribution in [0.15, 0.2) is 24.4 Å². The molecule has 0 bridgehead atoms. The molecule has 2 aromatic heterocycles. The van der Waals surface area contributed by atoms with E-state index in [1.165, 1.54) is 50.1 Å². The molecule has 3 heterocycles. The van der Waals surface area contributed by atoms with Gasteiger partial charge in [-0.3, -0.25) is 14.4 Å². The zero-order valence-corrected chi connectivity index (χ0v) is 15.6. The van der Waals surface area contributed by atoms with Crippen molar-refractivity contribution in [1.29, 1.82) is 0 Å². The van der Waals surface area contributed by atoms with Gasteiger partial charge in [-0.15, -0.1) is 0 Å². The van der Waals surface area contributed by atoms with Crippen LogP contribution in [0, 0.1) is 0 Å². The van der Waals surface area contributed by atoms with E-state index in [2.05, 4.69) is 31.0 Å². The predicted octanol–water partition coefficient (Wildman–Crippen LogP) is 2.45. The molecule has 1 fully saturated rings. The lowest BCUT2D eigenvalue weighted by Gasteiger charge is -2.33. The smallest absolute Gasteiger partial charge is 0.274 e. The Hall–Kier alpha value is -2.41. The van der Waals surface area contributed by atoms with Crippen molar-refractivity contribution in [2.24, 2.45) is 0 Å². The van der Waals surface area contributed by atoms with Gasteiger partial charge in [0.1, 0.15) is 5.75 Å². The standard InChI is InChI=1S/C20H27N5O2/c26-18-8-4-9-21-19(18)20(27)22-13-15-12-17-14-24(10-5-11-25(17)23-15)16-6-2-1-3-7-16/h4,8-9,12,16,26H,1-3,5-7,10-11,13-14H2,(H,22,27). The van der Waals surface area contributed by atoms with Gasteiger partial charge in [-0.05, 0) is 37.5 Å². The van der Waals surface area contributed by atoms with Crippen LogP contribution in [-0.4, -0.2) is 43.3 Å². The number of amides is 1. The Morgan fingerprint density at radius 3 is 2.89 bits per heavy atom. The third kappa shape index (κ3) is 4.13. The highest BCUT2D eigenvalue weighted by molar-refractivity contribution is 5.94. The third-order valence-corrected chi connectivity index (χ3v) is 5.62. The van der Waals surface area contributed by atoms with Crippen LogP contribution in [0.5, 0.6) is 5.75 Å². The summed E-state index contributed by atoms with van der Waals surface area (Å²) in [6.45, 7) is 3.33. The van der Waals surface area contributed by atoms with E-state index in [1.54, 1.807) is 6.07 Å². The number of pyridine rings is 1. The molecule has 2 aromatic rings. The summed E-state index contributed by atoms with van der Waals surface area (Å²) in [6, 6.07) is 5.85. The fourth-order valence-electron chi connectivity index (χ4n) is 4.22. The maximum atomic E-state index is 12.2. The third-order valence-electron chi connectivity index (χ3n) is 5.62. The van der Waals surface area contributed by atoms with Crippen LogP contribution in [-0.2, 0) is 19.6 Å². The van der Waals surface area contributed by atoms with Crippen molar-refractivity contribution >= 4 is 5.91 Å². The molecule has 0 saturated heterocycles. The number of hydrogen-bond donors (Lipinski definition) is 2. The van der Waals surface area contributed by atoms with E-state index in [4.69, 9.17) is 0 Å². The number of nitrogens with zero attached hydrogens (tertiary/aromatic N) is 4. The van der Waals surface area contributed by atoms with Crippen molar-refractivity contribution in [3.8, 4) is 5.75 Å². The molecule has 1 saturated carbocycles. The van der Waals surface area contributed by atoms with E-state index in [0.717, 1.165) is 31.7 Å². The highest BCUT2D eigenvalue weighted by Gasteiger charge is 2.24. The zero-order chi connectivity index (χ0) is 18.6. The first kappa shape index (κ1) is 18.0. The van der Waals surface area contributed by atoms with Crippen LogP contribution in [0.1, 0.15) is 60.4 Å². The van der Waals surface area contributed by atoms with Crippen LogP contribution in [0.4, 0.5) is 0 Å². The Balaban J connectivity index is 1.40. The van der Waals surface area contributed by atoms with Crippen molar-refractivity contribution in [1.82, 2.24) is 25.0 Å². The Kier molecular flexibility index (Phi) is 5.38. The van der Waals surface area contributed by atoms with Crippen molar-refractivity contribution in [3.63, 3.8) is 0 Å². The number of fused-ring (bicyclic) bond motifs is 1. The molecule has 7 heteroatoms. The van der Waals surface area contributed by atoms with Gasteiger partial charge in [0, 0.05) is 31.9 Å². The van der Waals surface area contributed by atoms with E-state index in [9.17, 15) is 9.90 Å². The molecule has 1 aliphatic heterocycles. The first-order chi connectivity index (χ1) is 13.2. The molecule has 0 unspecified atom stereocenters. The lowest BCUT2D eigenvalue weighted by Crippen LogP contribution is -2.36. The lowest BCUT2D eigenvalue weighted by atomic mass is 9.94. The first-order valence-corrected chi connectivity index (χ1v) is 9.92. The molecule has 4 rings (SSSR count). The van der Waals surface area contributed by atoms with Gasteiger partial charge < -0.3 is 10.4 Å². The zero-order valence-electron chi connectivity index (χ0n) is 15.6. The van der Waals surface area contributed by atoms with Crippen LogP contribution >= 0.6 is 0 Å². The van der Waals surface area contributed by atoms with Crippen molar-refractivity contribution in [2.45, 2.75) is 64.2 Å². The van der Waals surface area contributed by atoms with Crippen molar-refractivity contribution < 1.29 is 9.90 Å². The molecule has 0 atom stereocenters. The van der Waals surface area contributed by atoms with Gasteiger partial charge in [-0.25, -0.2) is 4.98 Å². The SMILES string of the molecule is O=C(NCc1cc2n(n1)CCCN(C1CCCCC1)C2)c1ncccc1O. The second-order valence-corrected chi connectivity index (χ2v) is 7.52. The largest absolute Gasteiger partial charge is 0.505 e. The van der Waals surface area contributed by atoms with Gasteiger partial charge in [-0.1, -0.05) is 19.3 Å². The Morgan fingerprint density at radius 1 is 1.22 bits per heavy atom. The van der Waals surface area contributed by atoms with E-state index in [-0.39, 0.29) is 17.4 Å². The van der Waals surface area contributed by atoms with E-state index in [1.807, 2.05) is 0 Å². The number of rotatable bonds is 4. The molecule has 1 aliphatic carbocycles. The first-order valence-electron chi connectivity index (χ1n) is 9.92. The minimum atomic E-state index is -0.389. The highest BCUT2D eigenvalue weighted by Crippen LogP contribution is 2.26. The second kappa shape index (κ2) is 8.08. The molecule has 2 aliphatic rings. The monoisotopic (exact) mass is 369 g/mol. The normalized spacial score (nSPS) is 18.7. The summed E-state index contributed by atoms with van der Waals surface area (Å²) < 4.78 is 2.09. The van der Waals surface area contributed by atoms with Crippen LogP contribution in [0.3, 0.4) is 0 Å². The molecule has 27 heavy (non-hydrogen) atoms. The number of nitrogens with one attached hydrogen (secondary N) is 1. The maximum Gasteiger partial charge on any atom is 0.274 e. The number of carbonyl (C=O) groups is 1. The Bertz CT molecular complexity index is 797. The fourth-order valence-corrected chi connectivity index (χ4v) is 4.22. The number of aryl methyl sites for hydroxylation is 1. The van der Waals surface area contributed by atoms with Gasteiger partial charge in [-0.2, -0.15) is 5.10 Å². The van der Waals surface area contributed by atoms with Gasteiger partial charge in [0.2, 0.25) is 0 Å². The maximum absolute atomic E-state index is 12.2. The summed E-state index contributed by atoms with van der Waals surface area (Å²) in [7, 11) is 0. The molecular formula is C20H27N5O2. The lowest BCUT2D eigenvalue weighted by molar-refractivity contribution is 0.0942. The summed E-state index contributed by atoms with van der Waals surface area (Å²) >= 11 is 0. The fraction of sp³-hybridized carbons (Fsp3) is 0.550. The van der Waals surface area contributed by atoms with Gasteiger partial charge in [0.15, 0.2) is 5.69 Å². The van der Waals surface area contributed by atoms with Gasteiger partial charge >= 0.3 is 0 Å². The molecule has 0 aromatic carbocycles. The Labute approximate surface area is 159 Å². The molecule has 0 spiro atoms. The minimum absolute atomic E-state index is 0.0433. The van der Waals surface area contributed by atoms with E-state index >= 15 is 0 Å². The van der Waals surface area contributed by atoms with Crippen LogP contribution in [0.25, 0.3) is 0 Å². The molecule has 1 amide bonds. The van der Waals surface area contributed by atoms with Crippen molar-refractivity contribution in [3.05, 3.63) is 41.5 Å². The number of carbonyl (C=O) groups excluding carboxylic acids is 1. The minimum Gasteiger partial charge on any atom is -0.505 e. The van der Waals surface area contributed by atoms with E-state index in [0.29, 0.717) is 12.6 Å². The van der Waals surface area contributed by atoms with Crippen LogP contribution < -0.4 is 5.32 Å². The quantitative estimate of drug-likeness (QED) is 0.865. The number of aromatic hydroxyl groups is 1. The summed E-state index contributed by atoms with van der Waals surface area (Å²) in [6.07, 6.45) is 9.29. The molecule has 7 nitrogen and oxygen atoms in total. The highest BCUT2D eigenvalue weighted by atomic mass is 16.3. The molecule has 0 radical (unpaired) electrons. The topological polar surface area (TPSA) is 83.3 Å². The summed E-state index contributed by atoms with van der Waals surface area (Å²) in [4.78, 5) is 18.8. The van der Waals surface area contributed by atoms with E-state index < -0.39 is 0 Å². The predicted molar refractivity (Wildman–Crippen MR) is 101 cm³/mol. The number of aromatic nitrogens is 3. The molecular weight excluding hydrogens is 342 g/mol. The van der Waals surface area contributed by atoms with Crippen LogP contribution in [0.2, 0.25) is 0 Å².